The number of rotatable bonds is 19. The lowest BCUT2D eigenvalue weighted by Crippen LogP contribution is -2.47. The third-order valence-electron chi connectivity index (χ3n) is 8.65. The molecule has 0 heterocycles. The van der Waals surface area contributed by atoms with Crippen molar-refractivity contribution in [3.05, 3.63) is 23.3 Å². The van der Waals surface area contributed by atoms with Crippen LogP contribution in [0.3, 0.4) is 0 Å². The molecule has 0 bridgehead atoms. The molecule has 4 heteroatoms. The Balaban J connectivity index is 2.36. The molecule has 1 aliphatic rings. The third-order valence-corrected chi connectivity index (χ3v) is 8.65. The van der Waals surface area contributed by atoms with Gasteiger partial charge < -0.3 is 14.9 Å². The second-order valence-electron chi connectivity index (χ2n) is 15.0. The van der Waals surface area contributed by atoms with Gasteiger partial charge in [-0.2, -0.15) is 0 Å². The molecule has 0 aliphatic heterocycles. The summed E-state index contributed by atoms with van der Waals surface area (Å²) in [6.07, 6.45) is 24.9. The average molecular weight is 563 g/mol. The maximum atomic E-state index is 13.2. The highest BCUT2D eigenvalue weighted by Gasteiger charge is 2.49. The second-order valence-corrected chi connectivity index (χ2v) is 15.0. The van der Waals surface area contributed by atoms with Gasteiger partial charge in [0.05, 0.1) is 12.0 Å². The molecule has 4 nitrogen and oxygen atoms in total. The molecular formula is C36H66O4. The minimum atomic E-state index is -2.03. The highest BCUT2D eigenvalue weighted by Crippen LogP contribution is 2.49. The molecule has 1 rings (SSSR count). The Kier molecular flexibility index (Phi) is 15.8. The van der Waals surface area contributed by atoms with E-state index in [1.54, 1.807) is 0 Å². The molecule has 40 heavy (non-hydrogen) atoms. The second kappa shape index (κ2) is 17.1. The normalized spacial score (nSPS) is 16.6. The van der Waals surface area contributed by atoms with Crippen LogP contribution < -0.4 is 0 Å². The lowest BCUT2D eigenvalue weighted by molar-refractivity contribution is -0.156. The van der Waals surface area contributed by atoms with Gasteiger partial charge in [0.15, 0.2) is 0 Å². The first-order valence-electron chi connectivity index (χ1n) is 16.6. The Hall–Kier alpha value is -1.13. The van der Waals surface area contributed by atoms with Crippen LogP contribution in [0.5, 0.6) is 0 Å². The van der Waals surface area contributed by atoms with Gasteiger partial charge in [0.25, 0.3) is 0 Å². The fraction of sp³-hybridized carbons (Fsp3) is 0.861. The van der Waals surface area contributed by atoms with E-state index in [1.807, 2.05) is 67.5 Å². The summed E-state index contributed by atoms with van der Waals surface area (Å²) in [5.41, 5.74) is -0.647. The predicted octanol–water partition coefficient (Wildman–Crippen LogP) is 10.1. The topological polar surface area (TPSA) is 66.8 Å². The molecule has 0 saturated heterocycles. The molecular weight excluding hydrogens is 496 g/mol. The highest BCUT2D eigenvalue weighted by molar-refractivity contribution is 5.77. The summed E-state index contributed by atoms with van der Waals surface area (Å²) in [7, 11) is 0. The van der Waals surface area contributed by atoms with E-state index in [0.717, 1.165) is 12.8 Å². The van der Waals surface area contributed by atoms with Crippen LogP contribution in [0.1, 0.15) is 165 Å². The van der Waals surface area contributed by atoms with E-state index in [1.165, 1.54) is 89.9 Å². The number of carbonyl (C=O) groups is 1. The van der Waals surface area contributed by atoms with Gasteiger partial charge in [-0.1, -0.05) is 157 Å². The van der Waals surface area contributed by atoms with E-state index < -0.39 is 22.0 Å². The summed E-state index contributed by atoms with van der Waals surface area (Å²) in [6, 6.07) is 0. The number of allylic oxidation sites excluding steroid dienone is 2. The van der Waals surface area contributed by atoms with Crippen molar-refractivity contribution in [2.75, 3.05) is 6.61 Å². The van der Waals surface area contributed by atoms with Gasteiger partial charge in [-0.05, 0) is 42.2 Å². The van der Waals surface area contributed by atoms with Crippen molar-refractivity contribution in [1.29, 1.82) is 0 Å². The monoisotopic (exact) mass is 562 g/mol. The SMILES string of the molecule is CCCCCCCCCCCCCCCCCCOC(=O)C(C)(C)C1C=C(C(C)(C)C)C(O)(O)C(C(C)(C)C)=C1. The van der Waals surface area contributed by atoms with Gasteiger partial charge in [0, 0.05) is 5.92 Å². The van der Waals surface area contributed by atoms with Crippen molar-refractivity contribution in [2.45, 2.75) is 171 Å². The first-order valence-corrected chi connectivity index (χ1v) is 16.6. The Morgan fingerprint density at radius 3 is 1.30 bits per heavy atom. The zero-order chi connectivity index (χ0) is 30.5. The molecule has 0 aromatic carbocycles. The number of unbranched alkanes of at least 4 members (excludes halogenated alkanes) is 15. The van der Waals surface area contributed by atoms with Gasteiger partial charge in [-0.25, -0.2) is 0 Å². The molecule has 0 saturated carbocycles. The van der Waals surface area contributed by atoms with Crippen LogP contribution in [0.4, 0.5) is 0 Å². The summed E-state index contributed by atoms with van der Waals surface area (Å²) in [5.74, 6) is -2.53. The summed E-state index contributed by atoms with van der Waals surface area (Å²) in [5, 5.41) is 22.3. The van der Waals surface area contributed by atoms with Crippen LogP contribution in [0, 0.1) is 22.2 Å². The van der Waals surface area contributed by atoms with Crippen LogP contribution >= 0.6 is 0 Å². The van der Waals surface area contributed by atoms with Crippen LogP contribution in [-0.2, 0) is 9.53 Å². The van der Waals surface area contributed by atoms with Crippen molar-refractivity contribution in [3.8, 4) is 0 Å². The van der Waals surface area contributed by atoms with Crippen molar-refractivity contribution in [2.24, 2.45) is 22.2 Å². The lowest BCUT2D eigenvalue weighted by Gasteiger charge is -2.45. The molecule has 0 aromatic rings. The van der Waals surface area contributed by atoms with E-state index in [-0.39, 0.29) is 11.9 Å². The molecule has 1 aliphatic carbocycles. The molecule has 0 amide bonds. The first-order chi connectivity index (χ1) is 18.6. The quantitative estimate of drug-likeness (QED) is 0.0711. The Morgan fingerprint density at radius 1 is 0.650 bits per heavy atom. The Labute approximate surface area is 248 Å². The van der Waals surface area contributed by atoms with Gasteiger partial charge in [-0.3, -0.25) is 4.79 Å². The van der Waals surface area contributed by atoms with Gasteiger partial charge >= 0.3 is 5.97 Å². The molecule has 234 valence electrons. The number of hydrogen-bond donors (Lipinski definition) is 2. The van der Waals surface area contributed by atoms with Crippen molar-refractivity contribution >= 4 is 5.97 Å². The molecule has 0 fully saturated rings. The maximum absolute atomic E-state index is 13.2. The zero-order valence-corrected chi connectivity index (χ0v) is 28.0. The van der Waals surface area contributed by atoms with Crippen molar-refractivity contribution in [1.82, 2.24) is 0 Å². The van der Waals surface area contributed by atoms with E-state index >= 15 is 0 Å². The fourth-order valence-corrected chi connectivity index (χ4v) is 5.88. The first kappa shape index (κ1) is 36.9. The minimum Gasteiger partial charge on any atom is -0.465 e. The largest absolute Gasteiger partial charge is 0.465 e. The average Bonchev–Trinajstić information content (AvgIpc) is 2.83. The Morgan fingerprint density at radius 2 is 0.975 bits per heavy atom. The van der Waals surface area contributed by atoms with Crippen LogP contribution in [0.25, 0.3) is 0 Å². The number of ether oxygens (including phenoxy) is 1. The van der Waals surface area contributed by atoms with E-state index in [9.17, 15) is 15.0 Å². The van der Waals surface area contributed by atoms with Gasteiger partial charge in [0.1, 0.15) is 0 Å². The molecule has 0 aromatic heterocycles. The molecule has 0 radical (unpaired) electrons. The van der Waals surface area contributed by atoms with Gasteiger partial charge in [0.2, 0.25) is 5.79 Å². The van der Waals surface area contributed by atoms with Crippen LogP contribution in [0.2, 0.25) is 0 Å². The van der Waals surface area contributed by atoms with Gasteiger partial charge in [-0.15, -0.1) is 0 Å². The zero-order valence-electron chi connectivity index (χ0n) is 28.0. The van der Waals surface area contributed by atoms with Crippen molar-refractivity contribution < 1.29 is 19.7 Å². The standard InChI is InChI=1S/C36H66O4/c1-10-11-12-13-14-15-16-17-18-19-20-21-22-23-24-25-26-40-32(37)35(8,9)29-27-30(33(2,3)4)36(38,39)31(28-29)34(5,6)7/h27-29,38-39H,10-26H2,1-9H3. The highest BCUT2D eigenvalue weighted by atomic mass is 16.5. The maximum Gasteiger partial charge on any atom is 0.312 e. The lowest BCUT2D eigenvalue weighted by atomic mass is 9.64. The summed E-state index contributed by atoms with van der Waals surface area (Å²) in [4.78, 5) is 13.2. The fourth-order valence-electron chi connectivity index (χ4n) is 5.88. The van der Waals surface area contributed by atoms with E-state index in [4.69, 9.17) is 4.74 Å². The number of carbonyl (C=O) groups excluding carboxylic acids is 1. The summed E-state index contributed by atoms with van der Waals surface area (Å²) >= 11 is 0. The smallest absolute Gasteiger partial charge is 0.312 e. The summed E-state index contributed by atoms with van der Waals surface area (Å²) < 4.78 is 5.75. The Bertz CT molecular complexity index is 755. The molecule has 0 unspecified atom stereocenters. The van der Waals surface area contributed by atoms with Crippen molar-refractivity contribution in [3.63, 3.8) is 0 Å². The summed E-state index contributed by atoms with van der Waals surface area (Å²) in [6.45, 7) is 18.4. The number of hydrogen-bond acceptors (Lipinski definition) is 4. The molecule has 0 atom stereocenters. The van der Waals surface area contributed by atoms with Crippen LogP contribution in [-0.4, -0.2) is 28.6 Å². The predicted molar refractivity (Wildman–Crippen MR) is 170 cm³/mol. The van der Waals surface area contributed by atoms with Crippen LogP contribution in [0.15, 0.2) is 23.3 Å². The number of esters is 1. The molecule has 0 spiro atoms. The van der Waals surface area contributed by atoms with E-state index in [0.29, 0.717) is 17.8 Å². The van der Waals surface area contributed by atoms with E-state index in [2.05, 4.69) is 6.92 Å². The minimum absolute atomic E-state index is 0.226. The molecule has 2 N–H and O–H groups in total. The third kappa shape index (κ3) is 12.4. The number of aliphatic hydroxyl groups is 2.